The summed E-state index contributed by atoms with van der Waals surface area (Å²) in [6.07, 6.45) is -0.407. The fourth-order valence-corrected chi connectivity index (χ4v) is 5.48. The number of aryl methyl sites for hydroxylation is 4. The molecule has 1 N–H and O–H groups in total. The summed E-state index contributed by atoms with van der Waals surface area (Å²) in [4.78, 5) is 27.6. The van der Waals surface area contributed by atoms with Crippen molar-refractivity contribution >= 4 is 17.6 Å². The van der Waals surface area contributed by atoms with E-state index in [4.69, 9.17) is 4.74 Å². The minimum absolute atomic E-state index is 0.0236. The molecule has 0 saturated carbocycles. The van der Waals surface area contributed by atoms with Crippen LogP contribution in [-0.4, -0.2) is 29.6 Å². The molecule has 0 bridgehead atoms. The van der Waals surface area contributed by atoms with Crippen LogP contribution in [0, 0.1) is 34.6 Å². The van der Waals surface area contributed by atoms with Gasteiger partial charge >= 0.3 is 5.97 Å². The first-order valence-electron chi connectivity index (χ1n) is 13.2. The number of carbonyl (C=O) groups excluding carboxylic acids is 1. The smallest absolute Gasteiger partial charge is 0.337 e. The van der Waals surface area contributed by atoms with Crippen LogP contribution in [0.4, 0.5) is 5.69 Å². The number of carboxylic acids is 1. The van der Waals surface area contributed by atoms with Crippen molar-refractivity contribution in [2.75, 3.05) is 11.9 Å². The Balaban J connectivity index is 2.21. The number of carbonyl (C=O) groups is 2. The van der Waals surface area contributed by atoms with Gasteiger partial charge in [-0.25, -0.2) is 4.79 Å². The standard InChI is InChI=1S/C33H39NO4/c1-18-10-12-23(16-20(18)3)27-22(5)28(24-13-11-19(2)21(4)17-24)30-25(14-15-26(35)34(30)9)29(27)31(32(36)37)38-33(6,7)8/h10-13,16-17,31H,14-15H2,1-9H3,(H,36,37)/t31-/m0/s1. The summed E-state index contributed by atoms with van der Waals surface area (Å²) in [5.74, 6) is -1.01. The minimum atomic E-state index is -1.19. The molecule has 1 heterocycles. The predicted octanol–water partition coefficient (Wildman–Crippen LogP) is 7.41. The number of nitrogens with zero attached hydrogens (tertiary/aromatic N) is 1. The maximum atomic E-state index is 13.0. The Morgan fingerprint density at radius 3 is 1.87 bits per heavy atom. The second-order valence-corrected chi connectivity index (χ2v) is 11.6. The van der Waals surface area contributed by atoms with E-state index < -0.39 is 17.7 Å². The van der Waals surface area contributed by atoms with Gasteiger partial charge < -0.3 is 14.7 Å². The zero-order chi connectivity index (χ0) is 28.1. The second-order valence-electron chi connectivity index (χ2n) is 11.6. The molecule has 200 valence electrons. The lowest BCUT2D eigenvalue weighted by Gasteiger charge is -2.36. The molecule has 0 spiro atoms. The van der Waals surface area contributed by atoms with Crippen molar-refractivity contribution in [2.24, 2.45) is 0 Å². The molecule has 1 atom stereocenters. The van der Waals surface area contributed by atoms with Gasteiger partial charge in [0.25, 0.3) is 0 Å². The Bertz CT molecular complexity index is 1440. The lowest BCUT2D eigenvalue weighted by molar-refractivity contribution is -0.160. The van der Waals surface area contributed by atoms with Crippen LogP contribution in [0.1, 0.15) is 72.2 Å². The van der Waals surface area contributed by atoms with Crippen LogP contribution in [0.3, 0.4) is 0 Å². The lowest BCUT2D eigenvalue weighted by atomic mass is 9.78. The van der Waals surface area contributed by atoms with Gasteiger partial charge in [0.15, 0.2) is 6.10 Å². The molecule has 3 aromatic rings. The van der Waals surface area contributed by atoms with Gasteiger partial charge in [-0.15, -0.1) is 0 Å². The Labute approximate surface area is 226 Å². The van der Waals surface area contributed by atoms with E-state index in [0.717, 1.165) is 50.2 Å². The number of ether oxygens (including phenoxy) is 1. The summed E-state index contributed by atoms with van der Waals surface area (Å²) in [6.45, 7) is 16.0. The van der Waals surface area contributed by atoms with Crippen molar-refractivity contribution in [3.8, 4) is 22.3 Å². The lowest BCUT2D eigenvalue weighted by Crippen LogP contribution is -2.35. The molecule has 1 amide bonds. The SMILES string of the molecule is Cc1ccc(-c2c(C)c(-c3ccc(C)c(C)c3)c3c(c2[C@H](OC(C)(C)C)C(=O)O)CCC(=O)N3C)cc1C. The molecule has 3 aromatic carbocycles. The van der Waals surface area contributed by atoms with E-state index in [1.54, 1.807) is 11.9 Å². The normalized spacial score (nSPS) is 14.4. The highest BCUT2D eigenvalue weighted by atomic mass is 16.5. The first-order chi connectivity index (χ1) is 17.7. The van der Waals surface area contributed by atoms with E-state index in [2.05, 4.69) is 64.1 Å². The van der Waals surface area contributed by atoms with Gasteiger partial charge in [0.2, 0.25) is 5.91 Å². The highest BCUT2D eigenvalue weighted by Gasteiger charge is 2.38. The van der Waals surface area contributed by atoms with Gasteiger partial charge in [-0.2, -0.15) is 0 Å². The van der Waals surface area contributed by atoms with Crippen LogP contribution in [0.2, 0.25) is 0 Å². The van der Waals surface area contributed by atoms with E-state index in [0.29, 0.717) is 18.4 Å². The number of benzene rings is 3. The topological polar surface area (TPSA) is 66.8 Å². The maximum Gasteiger partial charge on any atom is 0.337 e. The quantitative estimate of drug-likeness (QED) is 0.386. The van der Waals surface area contributed by atoms with Crippen molar-refractivity contribution in [1.29, 1.82) is 0 Å². The monoisotopic (exact) mass is 513 g/mol. The molecule has 0 unspecified atom stereocenters. The summed E-state index contributed by atoms with van der Waals surface area (Å²) in [7, 11) is 1.80. The summed E-state index contributed by atoms with van der Waals surface area (Å²) < 4.78 is 6.26. The third kappa shape index (κ3) is 5.00. The fraction of sp³-hybridized carbons (Fsp3) is 0.394. The zero-order valence-corrected chi connectivity index (χ0v) is 24.1. The van der Waals surface area contributed by atoms with E-state index in [1.165, 1.54) is 11.1 Å². The number of fused-ring (bicyclic) bond motifs is 1. The van der Waals surface area contributed by atoms with Crippen LogP contribution >= 0.6 is 0 Å². The number of rotatable bonds is 5. The molecular formula is C33H39NO4. The summed E-state index contributed by atoms with van der Waals surface area (Å²) in [6, 6.07) is 12.6. The van der Waals surface area contributed by atoms with Gasteiger partial charge in [0.05, 0.1) is 11.3 Å². The minimum Gasteiger partial charge on any atom is -0.479 e. The van der Waals surface area contributed by atoms with E-state index in [9.17, 15) is 14.7 Å². The molecule has 0 aliphatic carbocycles. The molecule has 0 radical (unpaired) electrons. The molecule has 5 nitrogen and oxygen atoms in total. The average molecular weight is 514 g/mol. The predicted molar refractivity (Wildman–Crippen MR) is 154 cm³/mol. The van der Waals surface area contributed by atoms with Gasteiger partial charge in [-0.05, 0) is 112 Å². The maximum absolute atomic E-state index is 13.0. The molecule has 5 heteroatoms. The van der Waals surface area contributed by atoms with Gasteiger partial charge in [-0.3, -0.25) is 4.79 Å². The van der Waals surface area contributed by atoms with Crippen LogP contribution in [0.15, 0.2) is 36.4 Å². The molecule has 1 aliphatic heterocycles. The zero-order valence-electron chi connectivity index (χ0n) is 24.1. The summed E-state index contributed by atoms with van der Waals surface area (Å²) in [5.41, 5.74) is 11.0. The second kappa shape index (κ2) is 10.0. The van der Waals surface area contributed by atoms with Crippen molar-refractivity contribution in [2.45, 2.75) is 79.9 Å². The molecule has 38 heavy (non-hydrogen) atoms. The van der Waals surface area contributed by atoms with Crippen LogP contribution in [0.25, 0.3) is 22.3 Å². The Hall–Kier alpha value is -3.44. The van der Waals surface area contributed by atoms with E-state index in [-0.39, 0.29) is 5.91 Å². The van der Waals surface area contributed by atoms with Crippen molar-refractivity contribution in [3.05, 3.63) is 75.3 Å². The first-order valence-corrected chi connectivity index (χ1v) is 13.2. The van der Waals surface area contributed by atoms with Crippen LogP contribution in [0.5, 0.6) is 0 Å². The molecular weight excluding hydrogens is 474 g/mol. The van der Waals surface area contributed by atoms with Gasteiger partial charge in [0, 0.05) is 24.6 Å². The highest BCUT2D eigenvalue weighted by Crippen LogP contribution is 2.50. The summed E-state index contributed by atoms with van der Waals surface area (Å²) in [5, 5.41) is 10.5. The fourth-order valence-electron chi connectivity index (χ4n) is 5.48. The Kier molecular flexibility index (Phi) is 7.28. The number of anilines is 1. The third-order valence-corrected chi connectivity index (χ3v) is 7.71. The molecule has 0 fully saturated rings. The number of hydrogen-bond acceptors (Lipinski definition) is 3. The summed E-state index contributed by atoms with van der Waals surface area (Å²) >= 11 is 0. The average Bonchev–Trinajstić information content (AvgIpc) is 2.82. The number of hydrogen-bond donors (Lipinski definition) is 1. The van der Waals surface area contributed by atoms with Crippen molar-refractivity contribution < 1.29 is 19.4 Å². The van der Waals surface area contributed by atoms with Crippen molar-refractivity contribution in [1.82, 2.24) is 0 Å². The third-order valence-electron chi connectivity index (χ3n) is 7.71. The Morgan fingerprint density at radius 1 is 0.868 bits per heavy atom. The van der Waals surface area contributed by atoms with Crippen molar-refractivity contribution in [3.63, 3.8) is 0 Å². The van der Waals surface area contributed by atoms with Gasteiger partial charge in [-0.1, -0.05) is 36.4 Å². The highest BCUT2D eigenvalue weighted by molar-refractivity contribution is 6.04. The largest absolute Gasteiger partial charge is 0.479 e. The van der Waals surface area contributed by atoms with Crippen LogP contribution in [-0.2, 0) is 20.7 Å². The molecule has 0 aromatic heterocycles. The van der Waals surface area contributed by atoms with E-state index in [1.807, 2.05) is 27.7 Å². The number of amides is 1. The molecule has 0 saturated heterocycles. The van der Waals surface area contributed by atoms with Crippen LogP contribution < -0.4 is 4.90 Å². The molecule has 1 aliphatic rings. The number of carboxylic acid groups (broad SMARTS) is 1. The first kappa shape index (κ1) is 27.6. The number of aliphatic carboxylic acids is 1. The molecule has 4 rings (SSSR count). The Morgan fingerprint density at radius 2 is 1.39 bits per heavy atom. The van der Waals surface area contributed by atoms with E-state index >= 15 is 0 Å². The van der Waals surface area contributed by atoms with Gasteiger partial charge in [0.1, 0.15) is 0 Å².